The van der Waals surface area contributed by atoms with Gasteiger partial charge < -0.3 is 14.8 Å². The Morgan fingerprint density at radius 2 is 1.76 bits per heavy atom. The largest absolute Gasteiger partial charge is 0.370 e. The van der Waals surface area contributed by atoms with E-state index in [0.717, 1.165) is 35.5 Å². The van der Waals surface area contributed by atoms with E-state index >= 15 is 0 Å². The first-order valence-electron chi connectivity index (χ1n) is 7.44. The first kappa shape index (κ1) is 15.7. The van der Waals surface area contributed by atoms with Crippen LogP contribution in [0.2, 0.25) is 0 Å². The van der Waals surface area contributed by atoms with Gasteiger partial charge in [-0.25, -0.2) is 9.97 Å². The summed E-state index contributed by atoms with van der Waals surface area (Å²) in [5, 5.41) is 4.34. The molecule has 2 aromatic heterocycles. The second-order valence-electron chi connectivity index (χ2n) is 4.75. The van der Waals surface area contributed by atoms with Gasteiger partial charge in [0.2, 0.25) is 0 Å². The zero-order valence-electron chi connectivity index (χ0n) is 12.9. The zero-order chi connectivity index (χ0) is 15.1. The highest BCUT2D eigenvalue weighted by molar-refractivity contribution is 5.76. The summed E-state index contributed by atoms with van der Waals surface area (Å²) in [6.07, 6.45) is 0.621. The molecule has 0 spiro atoms. The number of rotatable bonds is 8. The lowest BCUT2D eigenvalue weighted by atomic mass is 10.2. The molecule has 0 aliphatic heterocycles. The third-order valence-corrected chi connectivity index (χ3v) is 3.08. The number of ether oxygens (including phenoxy) is 2. The molecule has 114 valence electrons. The van der Waals surface area contributed by atoms with Gasteiger partial charge in [0.15, 0.2) is 11.9 Å². The molecule has 0 unspecified atom stereocenters. The third-order valence-electron chi connectivity index (χ3n) is 3.08. The molecule has 0 saturated carbocycles. The Balaban J connectivity index is 1.93. The SMILES string of the molecule is CCOC(CCNc1ccc2ccc(C)nc2n1)OCC. The second-order valence-corrected chi connectivity index (χ2v) is 4.75. The van der Waals surface area contributed by atoms with Crippen molar-refractivity contribution in [2.75, 3.05) is 25.1 Å². The van der Waals surface area contributed by atoms with E-state index < -0.39 is 0 Å². The smallest absolute Gasteiger partial charge is 0.161 e. The van der Waals surface area contributed by atoms with Crippen LogP contribution < -0.4 is 5.32 Å². The van der Waals surface area contributed by atoms with Gasteiger partial charge in [-0.3, -0.25) is 0 Å². The average Bonchev–Trinajstić information content (AvgIpc) is 2.47. The molecule has 1 N–H and O–H groups in total. The molecule has 0 amide bonds. The van der Waals surface area contributed by atoms with E-state index in [1.54, 1.807) is 0 Å². The molecule has 0 saturated heterocycles. The molecule has 2 heterocycles. The number of aromatic nitrogens is 2. The van der Waals surface area contributed by atoms with Crippen LogP contribution in [-0.4, -0.2) is 36.0 Å². The Kier molecular flexibility index (Phi) is 5.90. The van der Waals surface area contributed by atoms with Crippen LogP contribution in [0.15, 0.2) is 24.3 Å². The number of nitrogens with one attached hydrogen (secondary N) is 1. The number of aryl methyl sites for hydroxylation is 1. The lowest BCUT2D eigenvalue weighted by molar-refractivity contribution is -0.137. The van der Waals surface area contributed by atoms with E-state index in [0.29, 0.717) is 13.2 Å². The normalized spacial score (nSPS) is 11.2. The van der Waals surface area contributed by atoms with Gasteiger partial charge in [0.25, 0.3) is 0 Å². The second kappa shape index (κ2) is 7.90. The van der Waals surface area contributed by atoms with E-state index in [9.17, 15) is 0 Å². The van der Waals surface area contributed by atoms with Crippen molar-refractivity contribution in [2.45, 2.75) is 33.5 Å². The van der Waals surface area contributed by atoms with Crippen LogP contribution in [0.25, 0.3) is 11.0 Å². The van der Waals surface area contributed by atoms with Crippen LogP contribution in [0.3, 0.4) is 0 Å². The van der Waals surface area contributed by atoms with Crippen LogP contribution >= 0.6 is 0 Å². The predicted octanol–water partition coefficient (Wildman–Crippen LogP) is 3.14. The van der Waals surface area contributed by atoms with Gasteiger partial charge in [-0.05, 0) is 45.0 Å². The molecule has 0 aliphatic rings. The van der Waals surface area contributed by atoms with Crippen LogP contribution in [0, 0.1) is 6.92 Å². The first-order valence-corrected chi connectivity index (χ1v) is 7.44. The lowest BCUT2D eigenvalue weighted by Gasteiger charge is -2.17. The summed E-state index contributed by atoms with van der Waals surface area (Å²) in [5.74, 6) is 0.826. The molecule has 5 nitrogen and oxygen atoms in total. The van der Waals surface area contributed by atoms with Crippen molar-refractivity contribution in [3.8, 4) is 0 Å². The van der Waals surface area contributed by atoms with Gasteiger partial charge in [0, 0.05) is 37.3 Å². The first-order chi connectivity index (χ1) is 10.2. The van der Waals surface area contributed by atoms with Gasteiger partial charge >= 0.3 is 0 Å². The van der Waals surface area contributed by atoms with E-state index in [4.69, 9.17) is 9.47 Å². The van der Waals surface area contributed by atoms with Crippen molar-refractivity contribution < 1.29 is 9.47 Å². The van der Waals surface area contributed by atoms with Gasteiger partial charge in [0.05, 0.1) is 0 Å². The molecule has 0 aliphatic carbocycles. The quantitative estimate of drug-likeness (QED) is 0.757. The Morgan fingerprint density at radius 3 is 2.48 bits per heavy atom. The molecule has 0 aromatic carbocycles. The minimum Gasteiger partial charge on any atom is -0.370 e. The summed E-state index contributed by atoms with van der Waals surface area (Å²) in [6, 6.07) is 8.02. The highest BCUT2D eigenvalue weighted by Crippen LogP contribution is 2.14. The molecular formula is C16H23N3O2. The Morgan fingerprint density at radius 1 is 1.05 bits per heavy atom. The minimum atomic E-state index is -0.159. The number of hydrogen-bond acceptors (Lipinski definition) is 5. The van der Waals surface area contributed by atoms with Crippen molar-refractivity contribution in [3.63, 3.8) is 0 Å². The fraction of sp³-hybridized carbons (Fsp3) is 0.500. The maximum atomic E-state index is 5.51. The summed E-state index contributed by atoms with van der Waals surface area (Å²) in [6.45, 7) is 7.96. The predicted molar refractivity (Wildman–Crippen MR) is 84.4 cm³/mol. The topological polar surface area (TPSA) is 56.3 Å². The van der Waals surface area contributed by atoms with Crippen molar-refractivity contribution in [2.24, 2.45) is 0 Å². The molecule has 0 radical (unpaired) electrons. The molecule has 21 heavy (non-hydrogen) atoms. The molecule has 2 rings (SSSR count). The molecule has 2 aromatic rings. The highest BCUT2D eigenvalue weighted by atomic mass is 16.7. The summed E-state index contributed by atoms with van der Waals surface area (Å²) in [4.78, 5) is 8.96. The molecule has 0 atom stereocenters. The van der Waals surface area contributed by atoms with Gasteiger partial charge in [-0.2, -0.15) is 0 Å². The number of pyridine rings is 2. The molecular weight excluding hydrogens is 266 g/mol. The fourth-order valence-corrected chi connectivity index (χ4v) is 2.10. The standard InChI is InChI=1S/C16H23N3O2/c1-4-20-15(21-5-2)10-11-17-14-9-8-13-7-6-12(3)18-16(13)19-14/h6-9,15H,4-5,10-11H2,1-3H3,(H,17,18,19). The third kappa shape index (κ3) is 4.65. The summed E-state index contributed by atoms with van der Waals surface area (Å²) in [5.41, 5.74) is 1.74. The summed E-state index contributed by atoms with van der Waals surface area (Å²) < 4.78 is 11.0. The Hall–Kier alpha value is -1.72. The fourth-order valence-electron chi connectivity index (χ4n) is 2.10. The Labute approximate surface area is 125 Å². The molecule has 5 heteroatoms. The van der Waals surface area contributed by atoms with Gasteiger partial charge in [-0.1, -0.05) is 0 Å². The molecule has 0 bridgehead atoms. The number of fused-ring (bicyclic) bond motifs is 1. The van der Waals surface area contributed by atoms with E-state index in [1.165, 1.54) is 0 Å². The highest BCUT2D eigenvalue weighted by Gasteiger charge is 2.07. The van der Waals surface area contributed by atoms with Crippen molar-refractivity contribution in [3.05, 3.63) is 30.0 Å². The van der Waals surface area contributed by atoms with Crippen LogP contribution in [-0.2, 0) is 9.47 Å². The van der Waals surface area contributed by atoms with Crippen molar-refractivity contribution in [1.29, 1.82) is 0 Å². The minimum absolute atomic E-state index is 0.159. The van der Waals surface area contributed by atoms with E-state index in [2.05, 4.69) is 15.3 Å². The Bertz CT molecular complexity index is 568. The van der Waals surface area contributed by atoms with Crippen molar-refractivity contribution in [1.82, 2.24) is 9.97 Å². The summed E-state index contributed by atoms with van der Waals surface area (Å²) in [7, 11) is 0. The maximum Gasteiger partial charge on any atom is 0.161 e. The summed E-state index contributed by atoms with van der Waals surface area (Å²) >= 11 is 0. The number of nitrogens with zero attached hydrogens (tertiary/aromatic N) is 2. The van der Waals surface area contributed by atoms with Gasteiger partial charge in [-0.15, -0.1) is 0 Å². The van der Waals surface area contributed by atoms with Gasteiger partial charge in [0.1, 0.15) is 5.82 Å². The zero-order valence-corrected chi connectivity index (χ0v) is 12.9. The maximum absolute atomic E-state index is 5.51. The van der Waals surface area contributed by atoms with E-state index in [1.807, 2.05) is 45.0 Å². The van der Waals surface area contributed by atoms with Crippen LogP contribution in [0.5, 0.6) is 0 Å². The number of hydrogen-bond donors (Lipinski definition) is 1. The monoisotopic (exact) mass is 289 g/mol. The lowest BCUT2D eigenvalue weighted by Crippen LogP contribution is -2.21. The number of anilines is 1. The van der Waals surface area contributed by atoms with Crippen LogP contribution in [0.4, 0.5) is 5.82 Å². The van der Waals surface area contributed by atoms with E-state index in [-0.39, 0.29) is 6.29 Å². The average molecular weight is 289 g/mol. The van der Waals surface area contributed by atoms with Crippen LogP contribution in [0.1, 0.15) is 26.0 Å². The van der Waals surface area contributed by atoms with Crippen molar-refractivity contribution >= 4 is 16.9 Å². The molecule has 0 fully saturated rings.